The van der Waals surface area contributed by atoms with E-state index < -0.39 is 10.0 Å². The lowest BCUT2D eigenvalue weighted by atomic mass is 9.92. The summed E-state index contributed by atoms with van der Waals surface area (Å²) in [5.41, 5.74) is 0.967. The molecule has 3 rings (SSSR count). The van der Waals surface area contributed by atoms with Crippen LogP contribution < -0.4 is 15.4 Å². The van der Waals surface area contributed by atoms with Crippen molar-refractivity contribution in [1.82, 2.24) is 20.0 Å². The minimum absolute atomic E-state index is 0.0376. The highest BCUT2D eigenvalue weighted by molar-refractivity contribution is 7.88. The van der Waals surface area contributed by atoms with E-state index in [0.29, 0.717) is 17.0 Å². The first-order valence-corrected chi connectivity index (χ1v) is 11.6. The molecular formula is C19H27N5O4S. The van der Waals surface area contributed by atoms with Crippen LogP contribution in [0.2, 0.25) is 0 Å². The first kappa shape index (κ1) is 21.4. The summed E-state index contributed by atoms with van der Waals surface area (Å²) in [6, 6.07) is 5.05. The van der Waals surface area contributed by atoms with Crippen molar-refractivity contribution >= 4 is 32.8 Å². The summed E-state index contributed by atoms with van der Waals surface area (Å²) in [5.74, 6) is 0.140. The number of aliphatic hydroxyl groups is 1. The van der Waals surface area contributed by atoms with E-state index in [0.717, 1.165) is 31.1 Å². The molecule has 0 aliphatic heterocycles. The lowest BCUT2D eigenvalue weighted by Crippen LogP contribution is -2.39. The molecule has 158 valence electrons. The molecule has 1 aliphatic carbocycles. The van der Waals surface area contributed by atoms with E-state index in [1.54, 1.807) is 25.3 Å². The van der Waals surface area contributed by atoms with Gasteiger partial charge in [0.05, 0.1) is 23.9 Å². The highest BCUT2D eigenvalue weighted by Gasteiger charge is 2.24. The number of carbonyl (C=O) groups excluding carboxylic acids is 1. The summed E-state index contributed by atoms with van der Waals surface area (Å²) in [6.07, 6.45) is 5.93. The summed E-state index contributed by atoms with van der Waals surface area (Å²) in [7, 11) is -3.20. The van der Waals surface area contributed by atoms with Gasteiger partial charge in [0.1, 0.15) is 0 Å². The van der Waals surface area contributed by atoms with Crippen molar-refractivity contribution in [2.75, 3.05) is 18.2 Å². The van der Waals surface area contributed by atoms with Gasteiger partial charge in [-0.25, -0.2) is 23.1 Å². The number of nitrogens with one attached hydrogen (secondary N) is 3. The van der Waals surface area contributed by atoms with Crippen LogP contribution in [0.15, 0.2) is 24.4 Å². The van der Waals surface area contributed by atoms with Gasteiger partial charge in [-0.3, -0.25) is 4.79 Å². The lowest BCUT2D eigenvalue weighted by Gasteiger charge is -2.29. The smallest absolute Gasteiger partial charge is 0.253 e. The third-order valence-corrected chi connectivity index (χ3v) is 5.71. The second-order valence-corrected chi connectivity index (χ2v) is 9.36. The average molecular weight is 422 g/mol. The van der Waals surface area contributed by atoms with Gasteiger partial charge in [0, 0.05) is 29.7 Å². The minimum atomic E-state index is -3.20. The van der Waals surface area contributed by atoms with Gasteiger partial charge in [-0.1, -0.05) is 12.1 Å². The summed E-state index contributed by atoms with van der Waals surface area (Å²) < 4.78 is 25.4. The Morgan fingerprint density at radius 1 is 1.24 bits per heavy atom. The van der Waals surface area contributed by atoms with Gasteiger partial charge in [-0.05, 0) is 38.7 Å². The molecule has 9 nitrogen and oxygen atoms in total. The molecule has 1 saturated carbocycles. The average Bonchev–Trinajstić information content (AvgIpc) is 2.67. The molecule has 0 spiro atoms. The Morgan fingerprint density at radius 2 is 1.93 bits per heavy atom. The van der Waals surface area contributed by atoms with E-state index >= 15 is 0 Å². The molecule has 0 bridgehead atoms. The van der Waals surface area contributed by atoms with Crippen LogP contribution >= 0.6 is 0 Å². The van der Waals surface area contributed by atoms with Crippen molar-refractivity contribution in [3.05, 3.63) is 30.0 Å². The summed E-state index contributed by atoms with van der Waals surface area (Å²) in [5, 5.41) is 16.0. The Bertz CT molecular complexity index is 974. The van der Waals surface area contributed by atoms with Crippen LogP contribution in [0.1, 0.15) is 43.0 Å². The van der Waals surface area contributed by atoms with Gasteiger partial charge in [0.2, 0.25) is 16.0 Å². The molecule has 0 saturated heterocycles. The fourth-order valence-corrected chi connectivity index (χ4v) is 4.34. The van der Waals surface area contributed by atoms with E-state index in [9.17, 15) is 13.2 Å². The minimum Gasteiger partial charge on any atom is -0.394 e. The van der Waals surface area contributed by atoms with Crippen molar-refractivity contribution in [3.8, 4) is 0 Å². The standard InChI is InChI=1S/C19H27N5O4S/c1-12(11-25)21-18(26)16-5-3-4-13-10-20-19(23-17(13)16)22-14-6-8-15(9-7-14)24-29(2,27)28/h3-5,10,12,14-15,24-25H,6-9,11H2,1-2H3,(H,21,26)(H,20,22,23)/t12-,14?,15?/m0/s1. The first-order valence-electron chi connectivity index (χ1n) is 9.66. The molecule has 1 fully saturated rings. The summed E-state index contributed by atoms with van der Waals surface area (Å²) in [6.45, 7) is 1.58. The van der Waals surface area contributed by atoms with E-state index in [4.69, 9.17) is 5.11 Å². The molecule has 2 aromatic rings. The van der Waals surface area contributed by atoms with Crippen LogP contribution in [0.25, 0.3) is 10.9 Å². The van der Waals surface area contributed by atoms with Crippen molar-refractivity contribution < 1.29 is 18.3 Å². The fourth-order valence-electron chi connectivity index (χ4n) is 3.50. The number of benzene rings is 1. The highest BCUT2D eigenvalue weighted by Crippen LogP contribution is 2.23. The second-order valence-electron chi connectivity index (χ2n) is 7.58. The van der Waals surface area contributed by atoms with Gasteiger partial charge in [0.15, 0.2) is 0 Å². The maximum atomic E-state index is 12.5. The maximum absolute atomic E-state index is 12.5. The zero-order valence-corrected chi connectivity index (χ0v) is 17.4. The van der Waals surface area contributed by atoms with E-state index in [-0.39, 0.29) is 30.6 Å². The summed E-state index contributed by atoms with van der Waals surface area (Å²) in [4.78, 5) is 21.4. The predicted molar refractivity (Wildman–Crippen MR) is 111 cm³/mol. The number of aromatic nitrogens is 2. The quantitative estimate of drug-likeness (QED) is 0.524. The Kier molecular flexibility index (Phi) is 6.66. The molecule has 1 atom stereocenters. The number of hydrogen-bond acceptors (Lipinski definition) is 7. The van der Waals surface area contributed by atoms with Crippen LogP contribution in [0.4, 0.5) is 5.95 Å². The van der Waals surface area contributed by atoms with Gasteiger partial charge < -0.3 is 15.7 Å². The van der Waals surface area contributed by atoms with Crippen LogP contribution in [-0.2, 0) is 10.0 Å². The number of carbonyl (C=O) groups is 1. The highest BCUT2D eigenvalue weighted by atomic mass is 32.2. The van der Waals surface area contributed by atoms with Crippen LogP contribution in [0.3, 0.4) is 0 Å². The molecule has 0 radical (unpaired) electrons. The molecule has 1 aromatic carbocycles. The number of sulfonamides is 1. The molecule has 1 heterocycles. The fraction of sp³-hybridized carbons (Fsp3) is 0.526. The Hall–Kier alpha value is -2.30. The van der Waals surface area contributed by atoms with Crippen molar-refractivity contribution in [3.63, 3.8) is 0 Å². The van der Waals surface area contributed by atoms with Crippen molar-refractivity contribution in [1.29, 1.82) is 0 Å². The number of fused-ring (bicyclic) bond motifs is 1. The Labute approximate surface area is 170 Å². The molecule has 10 heteroatoms. The number of anilines is 1. The van der Waals surface area contributed by atoms with E-state index in [1.807, 2.05) is 6.07 Å². The number of aliphatic hydroxyl groups excluding tert-OH is 1. The van der Waals surface area contributed by atoms with Crippen LogP contribution in [-0.4, -0.2) is 60.4 Å². The van der Waals surface area contributed by atoms with E-state index in [1.165, 1.54) is 6.26 Å². The van der Waals surface area contributed by atoms with Gasteiger partial charge in [0.25, 0.3) is 5.91 Å². The third kappa shape index (κ3) is 5.84. The monoisotopic (exact) mass is 421 g/mol. The summed E-state index contributed by atoms with van der Waals surface area (Å²) >= 11 is 0. The normalized spacial score (nSPS) is 20.9. The molecule has 4 N–H and O–H groups in total. The second kappa shape index (κ2) is 9.02. The maximum Gasteiger partial charge on any atom is 0.253 e. The number of hydrogen-bond donors (Lipinski definition) is 4. The number of rotatable bonds is 7. The molecule has 1 aliphatic rings. The third-order valence-electron chi connectivity index (χ3n) is 4.95. The van der Waals surface area contributed by atoms with Crippen molar-refractivity contribution in [2.45, 2.75) is 50.7 Å². The Balaban J connectivity index is 1.71. The predicted octanol–water partition coefficient (Wildman–Crippen LogP) is 1.01. The zero-order chi connectivity index (χ0) is 21.0. The molecule has 0 unspecified atom stereocenters. The van der Waals surface area contributed by atoms with E-state index in [2.05, 4.69) is 25.3 Å². The van der Waals surface area contributed by atoms with Gasteiger partial charge >= 0.3 is 0 Å². The molecular weight excluding hydrogens is 394 g/mol. The molecule has 29 heavy (non-hydrogen) atoms. The number of nitrogens with zero attached hydrogens (tertiary/aromatic N) is 2. The topological polar surface area (TPSA) is 133 Å². The molecule has 1 amide bonds. The van der Waals surface area contributed by atoms with Gasteiger partial charge in [-0.2, -0.15) is 0 Å². The zero-order valence-electron chi connectivity index (χ0n) is 16.6. The largest absolute Gasteiger partial charge is 0.394 e. The number of para-hydroxylation sites is 1. The first-order chi connectivity index (χ1) is 13.7. The van der Waals surface area contributed by atoms with Crippen LogP contribution in [0, 0.1) is 0 Å². The SMILES string of the molecule is C[C@@H](CO)NC(=O)c1cccc2cnc(NC3CCC(NS(C)(=O)=O)CC3)nc12. The lowest BCUT2D eigenvalue weighted by molar-refractivity contribution is 0.0924. The molecule has 1 aromatic heterocycles. The van der Waals surface area contributed by atoms with Crippen LogP contribution in [0.5, 0.6) is 0 Å². The Morgan fingerprint density at radius 3 is 2.59 bits per heavy atom. The van der Waals surface area contributed by atoms with Gasteiger partial charge in [-0.15, -0.1) is 0 Å². The number of amides is 1. The van der Waals surface area contributed by atoms with Crippen molar-refractivity contribution in [2.24, 2.45) is 0 Å².